The van der Waals surface area contributed by atoms with Gasteiger partial charge in [-0.15, -0.1) is 0 Å². The van der Waals surface area contributed by atoms with Crippen LogP contribution in [0.25, 0.3) is 0 Å². The maximum atomic E-state index is 9.44. The van der Waals surface area contributed by atoms with Crippen LogP contribution in [0.1, 0.15) is 0 Å². The summed E-state index contributed by atoms with van der Waals surface area (Å²) in [5.74, 6) is 0. The molecule has 1 heterocycles. The summed E-state index contributed by atoms with van der Waals surface area (Å²) in [6.45, 7) is 3.08. The van der Waals surface area contributed by atoms with Crippen molar-refractivity contribution in [2.75, 3.05) is 33.2 Å². The molecular formula is C7H17N3O. The quantitative estimate of drug-likeness (QED) is 0.455. The van der Waals surface area contributed by atoms with Crippen LogP contribution in [0.15, 0.2) is 0 Å². The number of aliphatic hydroxyl groups is 1. The lowest BCUT2D eigenvalue weighted by atomic mass is 10.2. The highest BCUT2D eigenvalue weighted by atomic mass is 16.3. The first-order chi connectivity index (χ1) is 5.25. The lowest BCUT2D eigenvalue weighted by Crippen LogP contribution is -2.42. The van der Waals surface area contributed by atoms with Crippen molar-refractivity contribution in [1.82, 2.24) is 10.2 Å². The van der Waals surface area contributed by atoms with Crippen LogP contribution in [0.5, 0.6) is 0 Å². The van der Waals surface area contributed by atoms with Gasteiger partial charge >= 0.3 is 0 Å². The Morgan fingerprint density at radius 2 is 2.36 bits per heavy atom. The molecule has 1 fully saturated rings. The van der Waals surface area contributed by atoms with E-state index in [1.54, 1.807) is 0 Å². The number of aliphatic hydroxyl groups excluding tert-OH is 1. The van der Waals surface area contributed by atoms with Gasteiger partial charge < -0.3 is 16.2 Å². The maximum Gasteiger partial charge on any atom is 0.0831 e. The first-order valence-corrected chi connectivity index (χ1v) is 4.05. The molecule has 4 heteroatoms. The van der Waals surface area contributed by atoms with Gasteiger partial charge in [0.1, 0.15) is 0 Å². The predicted octanol–water partition coefficient (Wildman–Crippen LogP) is -1.79. The molecule has 0 aliphatic carbocycles. The minimum absolute atomic E-state index is 0.230. The molecule has 1 rings (SSSR count). The van der Waals surface area contributed by atoms with E-state index >= 15 is 0 Å². The molecule has 0 aromatic carbocycles. The summed E-state index contributed by atoms with van der Waals surface area (Å²) < 4.78 is 0. The number of rotatable bonds is 3. The number of β-amino-alcohol motifs (C(OH)–C–C–N with tert-alkyl or cyclic N) is 1. The van der Waals surface area contributed by atoms with Gasteiger partial charge in [-0.3, -0.25) is 4.90 Å². The van der Waals surface area contributed by atoms with Crippen LogP contribution in [-0.2, 0) is 0 Å². The fourth-order valence-electron chi connectivity index (χ4n) is 1.47. The summed E-state index contributed by atoms with van der Waals surface area (Å²) in [6, 6.07) is 0.249. The largest absolute Gasteiger partial charge is 0.390 e. The third kappa shape index (κ3) is 2.13. The molecule has 0 radical (unpaired) electrons. The molecule has 4 N–H and O–H groups in total. The Labute approximate surface area is 67.4 Å². The first kappa shape index (κ1) is 8.93. The Morgan fingerprint density at radius 1 is 1.64 bits per heavy atom. The van der Waals surface area contributed by atoms with Crippen molar-refractivity contribution in [2.45, 2.75) is 12.1 Å². The van der Waals surface area contributed by atoms with Crippen molar-refractivity contribution in [3.05, 3.63) is 0 Å². The van der Waals surface area contributed by atoms with E-state index in [1.165, 1.54) is 0 Å². The average Bonchev–Trinajstić information content (AvgIpc) is 2.36. The second-order valence-electron chi connectivity index (χ2n) is 3.06. The predicted molar refractivity (Wildman–Crippen MR) is 44.3 cm³/mol. The number of likely N-dealkylation sites (N-methyl/N-ethyl adjacent to an activating group) is 1. The fourth-order valence-corrected chi connectivity index (χ4v) is 1.47. The van der Waals surface area contributed by atoms with Gasteiger partial charge in [-0.2, -0.15) is 0 Å². The zero-order valence-corrected chi connectivity index (χ0v) is 6.95. The Bertz CT molecular complexity index is 120. The van der Waals surface area contributed by atoms with Crippen LogP contribution >= 0.6 is 0 Å². The monoisotopic (exact) mass is 159 g/mol. The van der Waals surface area contributed by atoms with E-state index in [2.05, 4.69) is 10.2 Å². The highest BCUT2D eigenvalue weighted by Crippen LogP contribution is 2.05. The molecule has 0 spiro atoms. The van der Waals surface area contributed by atoms with Crippen molar-refractivity contribution in [2.24, 2.45) is 5.73 Å². The molecule has 2 atom stereocenters. The molecule has 4 nitrogen and oxygen atoms in total. The van der Waals surface area contributed by atoms with Crippen molar-refractivity contribution in [3.8, 4) is 0 Å². The summed E-state index contributed by atoms with van der Waals surface area (Å²) in [5, 5.41) is 12.6. The second-order valence-corrected chi connectivity index (χ2v) is 3.06. The fraction of sp³-hybridized carbons (Fsp3) is 1.00. The first-order valence-electron chi connectivity index (χ1n) is 4.05. The lowest BCUT2D eigenvalue weighted by molar-refractivity contribution is 0.101. The Hall–Kier alpha value is -0.160. The molecule has 0 amide bonds. The van der Waals surface area contributed by atoms with Crippen LogP contribution in [0.4, 0.5) is 0 Å². The van der Waals surface area contributed by atoms with Crippen molar-refractivity contribution >= 4 is 0 Å². The molecule has 0 unspecified atom stereocenters. The van der Waals surface area contributed by atoms with Crippen molar-refractivity contribution in [1.29, 1.82) is 0 Å². The van der Waals surface area contributed by atoms with E-state index in [0.717, 1.165) is 13.1 Å². The lowest BCUT2D eigenvalue weighted by Gasteiger charge is -2.25. The maximum absolute atomic E-state index is 9.44. The topological polar surface area (TPSA) is 61.5 Å². The Balaban J connectivity index is 2.33. The van der Waals surface area contributed by atoms with Crippen LogP contribution in [0.2, 0.25) is 0 Å². The smallest absolute Gasteiger partial charge is 0.0831 e. The number of nitrogens with two attached hydrogens (primary N) is 1. The van der Waals surface area contributed by atoms with Crippen molar-refractivity contribution < 1.29 is 5.11 Å². The normalized spacial score (nSPS) is 31.6. The number of nitrogens with one attached hydrogen (secondary N) is 1. The third-order valence-electron chi connectivity index (χ3n) is 2.20. The van der Waals surface area contributed by atoms with Gasteiger partial charge in [-0.25, -0.2) is 0 Å². The second kappa shape index (κ2) is 4.01. The molecule has 11 heavy (non-hydrogen) atoms. The molecule has 1 aliphatic rings. The number of nitrogens with zero attached hydrogens (tertiary/aromatic N) is 1. The van der Waals surface area contributed by atoms with Gasteiger partial charge in [-0.05, 0) is 7.05 Å². The average molecular weight is 159 g/mol. The van der Waals surface area contributed by atoms with Gasteiger partial charge in [-0.1, -0.05) is 0 Å². The Kier molecular flexibility index (Phi) is 3.26. The minimum atomic E-state index is -0.230. The third-order valence-corrected chi connectivity index (χ3v) is 2.20. The van der Waals surface area contributed by atoms with Crippen molar-refractivity contribution in [3.63, 3.8) is 0 Å². The molecular weight excluding hydrogens is 142 g/mol. The Morgan fingerprint density at radius 3 is 2.82 bits per heavy atom. The molecule has 0 saturated carbocycles. The van der Waals surface area contributed by atoms with Gasteiger partial charge in [0.15, 0.2) is 0 Å². The molecule has 0 aromatic rings. The van der Waals surface area contributed by atoms with E-state index in [-0.39, 0.29) is 12.1 Å². The summed E-state index contributed by atoms with van der Waals surface area (Å²) in [7, 11) is 1.99. The van der Waals surface area contributed by atoms with E-state index in [4.69, 9.17) is 5.73 Å². The van der Waals surface area contributed by atoms with E-state index < -0.39 is 0 Å². The van der Waals surface area contributed by atoms with Crippen LogP contribution in [0.3, 0.4) is 0 Å². The van der Waals surface area contributed by atoms with E-state index in [0.29, 0.717) is 13.1 Å². The van der Waals surface area contributed by atoms with Crippen LogP contribution in [0, 0.1) is 0 Å². The summed E-state index contributed by atoms with van der Waals surface area (Å²) in [4.78, 5) is 2.10. The van der Waals surface area contributed by atoms with Gasteiger partial charge in [0, 0.05) is 32.2 Å². The molecule has 66 valence electrons. The standard InChI is InChI=1S/C7H17N3O/c1-10(3-2-8)6-4-9-5-7(6)11/h6-7,9,11H,2-5,8H2,1H3/t6-,7-/m1/s1. The molecule has 0 bridgehead atoms. The molecule has 1 aliphatic heterocycles. The zero-order chi connectivity index (χ0) is 8.27. The highest BCUT2D eigenvalue weighted by molar-refractivity contribution is 4.87. The van der Waals surface area contributed by atoms with Crippen LogP contribution in [-0.4, -0.2) is 55.4 Å². The SMILES string of the molecule is CN(CCN)[C@@H]1CNC[C@H]1O. The van der Waals surface area contributed by atoms with E-state index in [1.807, 2.05) is 7.05 Å². The van der Waals surface area contributed by atoms with Gasteiger partial charge in [0.2, 0.25) is 0 Å². The number of hydrogen-bond acceptors (Lipinski definition) is 4. The summed E-state index contributed by atoms with van der Waals surface area (Å²) in [5.41, 5.74) is 5.40. The van der Waals surface area contributed by atoms with E-state index in [9.17, 15) is 5.11 Å². The zero-order valence-electron chi connectivity index (χ0n) is 6.95. The molecule has 1 saturated heterocycles. The van der Waals surface area contributed by atoms with Crippen LogP contribution < -0.4 is 11.1 Å². The van der Waals surface area contributed by atoms with Gasteiger partial charge in [0.05, 0.1) is 6.10 Å². The van der Waals surface area contributed by atoms with Gasteiger partial charge in [0.25, 0.3) is 0 Å². The highest BCUT2D eigenvalue weighted by Gasteiger charge is 2.27. The minimum Gasteiger partial charge on any atom is -0.390 e. The summed E-state index contributed by atoms with van der Waals surface area (Å²) >= 11 is 0. The number of hydrogen-bond donors (Lipinski definition) is 3. The molecule has 0 aromatic heterocycles. The summed E-state index contributed by atoms with van der Waals surface area (Å²) in [6.07, 6.45) is -0.230.